The lowest BCUT2D eigenvalue weighted by atomic mass is 9.96. The third-order valence-corrected chi connectivity index (χ3v) is 4.93. The Labute approximate surface area is 171 Å². The molecule has 1 aliphatic rings. The van der Waals surface area contributed by atoms with Crippen LogP contribution in [0.25, 0.3) is 0 Å². The summed E-state index contributed by atoms with van der Waals surface area (Å²) in [7, 11) is 0. The van der Waals surface area contributed by atoms with E-state index in [2.05, 4.69) is 10.3 Å². The second kappa shape index (κ2) is 8.85. The van der Waals surface area contributed by atoms with Crippen molar-refractivity contribution in [2.24, 2.45) is 0 Å². The van der Waals surface area contributed by atoms with E-state index in [0.29, 0.717) is 5.06 Å². The van der Waals surface area contributed by atoms with Crippen LogP contribution in [-0.2, 0) is 4.74 Å². The predicted molar refractivity (Wildman–Crippen MR) is 102 cm³/mol. The highest BCUT2D eigenvalue weighted by Gasteiger charge is 2.49. The summed E-state index contributed by atoms with van der Waals surface area (Å²) in [4.78, 5) is 28.2. The van der Waals surface area contributed by atoms with Crippen molar-refractivity contribution in [3.05, 3.63) is 64.9 Å². The van der Waals surface area contributed by atoms with Crippen LogP contribution < -0.4 is 5.32 Å². The molecule has 3 rings (SSSR count). The van der Waals surface area contributed by atoms with Crippen molar-refractivity contribution in [3.63, 3.8) is 0 Å². The molecule has 0 aliphatic carbocycles. The molecule has 2 amide bonds. The molecular weight excluding hydrogens is 402 g/mol. The Morgan fingerprint density at radius 3 is 2.72 bits per heavy atom. The molecule has 0 spiro atoms. The summed E-state index contributed by atoms with van der Waals surface area (Å²) in [6, 6.07) is 9.49. The second-order valence-corrected chi connectivity index (χ2v) is 7.10. The fourth-order valence-electron chi connectivity index (χ4n) is 2.98. The zero-order valence-corrected chi connectivity index (χ0v) is 16.0. The molecule has 1 aromatic carbocycles. The number of hydrogen-bond donors (Lipinski definition) is 4. The molecule has 9 nitrogen and oxygen atoms in total. The zero-order valence-electron chi connectivity index (χ0n) is 15.2. The minimum Gasteiger partial charge on any atom is -0.387 e. The van der Waals surface area contributed by atoms with E-state index < -0.39 is 36.2 Å². The first kappa shape index (κ1) is 21.2. The number of halogens is 1. The maximum absolute atomic E-state index is 12.2. The lowest BCUT2D eigenvalue weighted by Gasteiger charge is -2.29. The van der Waals surface area contributed by atoms with Gasteiger partial charge < -0.3 is 20.3 Å². The predicted octanol–water partition coefficient (Wildman–Crippen LogP) is 0.487. The van der Waals surface area contributed by atoms with Crippen molar-refractivity contribution in [2.75, 3.05) is 19.7 Å². The fourth-order valence-corrected chi connectivity index (χ4v) is 3.17. The second-order valence-electron chi connectivity index (χ2n) is 6.69. The Bertz CT molecular complexity index is 883. The first-order chi connectivity index (χ1) is 13.8. The summed E-state index contributed by atoms with van der Waals surface area (Å²) >= 11 is 5.94. The van der Waals surface area contributed by atoms with Crippen molar-refractivity contribution in [2.45, 2.75) is 17.8 Å². The van der Waals surface area contributed by atoms with E-state index in [4.69, 9.17) is 16.3 Å². The lowest BCUT2D eigenvalue weighted by Crippen LogP contribution is -2.54. The van der Waals surface area contributed by atoms with E-state index in [1.54, 1.807) is 18.2 Å². The average Bonchev–Trinajstić information content (AvgIpc) is 3.00. The van der Waals surface area contributed by atoms with Gasteiger partial charge in [0.15, 0.2) is 0 Å². The van der Waals surface area contributed by atoms with Crippen LogP contribution in [-0.4, -0.2) is 74.8 Å². The third kappa shape index (κ3) is 4.72. The third-order valence-electron chi connectivity index (χ3n) is 4.61. The topological polar surface area (TPSA) is 132 Å². The van der Waals surface area contributed by atoms with Gasteiger partial charge in [0.1, 0.15) is 17.8 Å². The summed E-state index contributed by atoms with van der Waals surface area (Å²) < 4.78 is 5.37. The molecule has 1 aromatic heterocycles. The number of amides is 2. The molecule has 1 saturated heterocycles. The van der Waals surface area contributed by atoms with Crippen LogP contribution >= 0.6 is 11.6 Å². The van der Waals surface area contributed by atoms with Gasteiger partial charge in [0.05, 0.1) is 23.7 Å². The summed E-state index contributed by atoms with van der Waals surface area (Å²) in [5.74, 6) is -1.24. The number of hydroxylamine groups is 2. The van der Waals surface area contributed by atoms with Crippen LogP contribution in [0.15, 0.2) is 48.8 Å². The van der Waals surface area contributed by atoms with Gasteiger partial charge in [-0.05, 0) is 18.2 Å². The highest BCUT2D eigenvalue weighted by Crippen LogP contribution is 2.26. The van der Waals surface area contributed by atoms with Crippen LogP contribution in [0.3, 0.4) is 0 Å². The number of aliphatic hydroxyl groups is 2. The molecule has 29 heavy (non-hydrogen) atoms. The van der Waals surface area contributed by atoms with E-state index in [1.165, 1.54) is 30.6 Å². The highest BCUT2D eigenvalue weighted by atomic mass is 35.5. The van der Waals surface area contributed by atoms with Gasteiger partial charge in [0.2, 0.25) is 0 Å². The van der Waals surface area contributed by atoms with Gasteiger partial charge in [0, 0.05) is 24.5 Å². The van der Waals surface area contributed by atoms with Crippen LogP contribution in [0, 0.1) is 0 Å². The van der Waals surface area contributed by atoms with Gasteiger partial charge in [0.25, 0.3) is 11.8 Å². The molecule has 3 atom stereocenters. The molecule has 10 heteroatoms. The summed E-state index contributed by atoms with van der Waals surface area (Å²) in [5.41, 5.74) is -1.52. The quantitative estimate of drug-likeness (QED) is 0.394. The van der Waals surface area contributed by atoms with Crippen LogP contribution in [0.1, 0.15) is 20.7 Å². The molecule has 1 aliphatic heterocycles. The molecular formula is C19H20ClN3O6. The number of hydrogen-bond acceptors (Lipinski definition) is 7. The Balaban J connectivity index is 1.58. The first-order valence-corrected chi connectivity index (χ1v) is 9.15. The number of aromatic nitrogens is 1. The highest BCUT2D eigenvalue weighted by molar-refractivity contribution is 6.33. The van der Waals surface area contributed by atoms with Crippen LogP contribution in [0.5, 0.6) is 0 Å². The molecule has 2 heterocycles. The lowest BCUT2D eigenvalue weighted by molar-refractivity contribution is -0.133. The van der Waals surface area contributed by atoms with Gasteiger partial charge in [-0.3, -0.25) is 19.8 Å². The van der Waals surface area contributed by atoms with Crippen molar-refractivity contribution >= 4 is 23.4 Å². The Morgan fingerprint density at radius 2 is 2.03 bits per heavy atom. The largest absolute Gasteiger partial charge is 0.387 e. The van der Waals surface area contributed by atoms with E-state index in [9.17, 15) is 25.0 Å². The molecule has 0 unspecified atom stereocenters. The number of nitrogens with one attached hydrogen (secondary N) is 1. The number of aliphatic hydroxyl groups excluding tert-OH is 1. The Kier molecular flexibility index (Phi) is 6.46. The number of carbonyl (C=O) groups excluding carboxylic acids is 2. The van der Waals surface area contributed by atoms with Crippen molar-refractivity contribution in [1.29, 1.82) is 0 Å². The van der Waals surface area contributed by atoms with Gasteiger partial charge >= 0.3 is 0 Å². The Hall–Kier alpha value is -2.56. The van der Waals surface area contributed by atoms with E-state index in [-0.39, 0.29) is 29.3 Å². The number of nitrogens with zero attached hydrogens (tertiary/aromatic N) is 2. The van der Waals surface area contributed by atoms with Crippen molar-refractivity contribution in [3.8, 4) is 0 Å². The molecule has 1 fully saturated rings. The standard InChI is InChI=1S/C19H20ClN3O6/c20-14-6-7-21-8-13(14)17(25)22-9-15-16(24)19(27,11-29-15)10-23(28)18(26)12-4-2-1-3-5-12/h1-8,15-16,24,27-28H,9-11H2,(H,22,25)/t15-,16-,19+/m1/s1. The van der Waals surface area contributed by atoms with Gasteiger partial charge in [-0.25, -0.2) is 5.06 Å². The maximum Gasteiger partial charge on any atom is 0.277 e. The zero-order chi connectivity index (χ0) is 21.0. The average molecular weight is 422 g/mol. The smallest absolute Gasteiger partial charge is 0.277 e. The number of pyridine rings is 1. The van der Waals surface area contributed by atoms with Crippen molar-refractivity contribution in [1.82, 2.24) is 15.4 Å². The van der Waals surface area contributed by atoms with Gasteiger partial charge in [-0.1, -0.05) is 29.8 Å². The molecule has 0 bridgehead atoms. The minimum absolute atomic E-state index is 0.119. The molecule has 4 N–H and O–H groups in total. The maximum atomic E-state index is 12.2. The molecule has 2 aromatic rings. The number of ether oxygens (including phenoxy) is 1. The SMILES string of the molecule is O=C(NC[C@H]1OC[C@@](O)(CN(O)C(=O)c2ccccc2)[C@@H]1O)c1cnccc1Cl. The summed E-state index contributed by atoms with van der Waals surface area (Å²) in [5, 5.41) is 34.2. The Morgan fingerprint density at radius 1 is 1.31 bits per heavy atom. The number of rotatable bonds is 6. The van der Waals surface area contributed by atoms with Gasteiger partial charge in [-0.2, -0.15) is 0 Å². The number of carbonyl (C=O) groups is 2. The fraction of sp³-hybridized carbons (Fsp3) is 0.316. The van der Waals surface area contributed by atoms with E-state index in [1.807, 2.05) is 0 Å². The molecule has 0 saturated carbocycles. The molecule has 0 radical (unpaired) electrons. The first-order valence-electron chi connectivity index (χ1n) is 8.77. The normalized spacial score (nSPS) is 23.6. The van der Waals surface area contributed by atoms with Crippen LogP contribution in [0.4, 0.5) is 0 Å². The van der Waals surface area contributed by atoms with E-state index in [0.717, 1.165) is 0 Å². The monoisotopic (exact) mass is 421 g/mol. The minimum atomic E-state index is -1.90. The summed E-state index contributed by atoms with van der Waals surface area (Å²) in [6.07, 6.45) is 0.351. The van der Waals surface area contributed by atoms with Gasteiger partial charge in [-0.15, -0.1) is 0 Å². The van der Waals surface area contributed by atoms with Crippen molar-refractivity contribution < 1.29 is 29.7 Å². The summed E-state index contributed by atoms with van der Waals surface area (Å²) in [6.45, 7) is -1.02. The van der Waals surface area contributed by atoms with Crippen LogP contribution in [0.2, 0.25) is 5.02 Å². The van der Waals surface area contributed by atoms with E-state index >= 15 is 0 Å². The number of benzene rings is 1. The molecule has 154 valence electrons.